The van der Waals surface area contributed by atoms with Gasteiger partial charge in [0.1, 0.15) is 0 Å². The van der Waals surface area contributed by atoms with Crippen molar-refractivity contribution in [2.24, 2.45) is 5.41 Å². The van der Waals surface area contributed by atoms with Crippen molar-refractivity contribution in [1.29, 1.82) is 0 Å². The number of rotatable bonds is 8. The van der Waals surface area contributed by atoms with Gasteiger partial charge in [0.2, 0.25) is 0 Å². The Morgan fingerprint density at radius 1 is 1.07 bits per heavy atom. The van der Waals surface area contributed by atoms with Crippen LogP contribution in [0.4, 0.5) is 4.39 Å². The summed E-state index contributed by atoms with van der Waals surface area (Å²) in [5.41, 5.74) is 2.73. The predicted octanol–water partition coefficient (Wildman–Crippen LogP) is 7.83. The largest absolute Gasteiger partial charge is 0.494 e. The molecule has 0 aliphatic carbocycles. The van der Waals surface area contributed by atoms with Gasteiger partial charge >= 0.3 is 0 Å². The Morgan fingerprint density at radius 3 is 2.36 bits per heavy atom. The van der Waals surface area contributed by atoms with Crippen molar-refractivity contribution >= 4 is 11.8 Å². The summed E-state index contributed by atoms with van der Waals surface area (Å²) in [6.07, 6.45) is 8.59. The Kier molecular flexibility index (Phi) is 7.45. The molecule has 1 aliphatic rings. The maximum absolute atomic E-state index is 14.7. The van der Waals surface area contributed by atoms with Crippen molar-refractivity contribution in [2.75, 3.05) is 12.9 Å². The van der Waals surface area contributed by atoms with Gasteiger partial charge in [0.25, 0.3) is 0 Å². The molecule has 0 spiro atoms. The van der Waals surface area contributed by atoms with Gasteiger partial charge in [-0.1, -0.05) is 69.9 Å². The second-order valence-corrected chi connectivity index (χ2v) is 9.20. The fraction of sp³-hybridized carbons (Fsp3) is 0.520. The van der Waals surface area contributed by atoms with E-state index in [9.17, 15) is 4.39 Å². The lowest BCUT2D eigenvalue weighted by atomic mass is 9.70. The molecule has 1 atom stereocenters. The molecule has 152 valence electrons. The third-order valence-corrected chi connectivity index (χ3v) is 7.58. The topological polar surface area (TPSA) is 9.23 Å². The number of halogens is 1. The zero-order valence-electron chi connectivity index (χ0n) is 17.5. The van der Waals surface area contributed by atoms with Crippen LogP contribution in [0, 0.1) is 11.2 Å². The maximum Gasteiger partial charge on any atom is 0.165 e. The second kappa shape index (κ2) is 9.82. The molecule has 0 N–H and O–H groups in total. The fourth-order valence-electron chi connectivity index (χ4n) is 4.50. The van der Waals surface area contributed by atoms with Crippen LogP contribution in [0.2, 0.25) is 0 Å². The molecule has 2 aromatic carbocycles. The second-order valence-electron chi connectivity index (χ2n) is 8.19. The first-order chi connectivity index (χ1) is 13.6. The fourth-order valence-corrected chi connectivity index (χ4v) is 5.92. The van der Waals surface area contributed by atoms with Gasteiger partial charge in [-0.3, -0.25) is 0 Å². The molecule has 1 aliphatic heterocycles. The Labute approximate surface area is 174 Å². The van der Waals surface area contributed by atoms with Crippen LogP contribution < -0.4 is 4.74 Å². The van der Waals surface area contributed by atoms with Gasteiger partial charge < -0.3 is 4.74 Å². The summed E-state index contributed by atoms with van der Waals surface area (Å²) in [7, 11) is 1.55. The Bertz CT molecular complexity index is 751. The van der Waals surface area contributed by atoms with Crippen molar-refractivity contribution in [3.63, 3.8) is 0 Å². The van der Waals surface area contributed by atoms with Crippen LogP contribution in [0.25, 0.3) is 0 Å². The van der Waals surface area contributed by atoms with Gasteiger partial charge in [-0.2, -0.15) is 0 Å². The lowest BCUT2D eigenvalue weighted by Gasteiger charge is -2.35. The Balaban J connectivity index is 2.07. The number of benzene rings is 2. The zero-order valence-corrected chi connectivity index (χ0v) is 18.3. The highest BCUT2D eigenvalue weighted by Gasteiger charge is 2.37. The van der Waals surface area contributed by atoms with Crippen LogP contribution in [0.5, 0.6) is 5.75 Å². The van der Waals surface area contributed by atoms with E-state index in [0.29, 0.717) is 11.2 Å². The normalized spacial score (nSPS) is 18.4. The molecule has 0 fully saturated rings. The van der Waals surface area contributed by atoms with Gasteiger partial charge in [0, 0.05) is 16.6 Å². The molecule has 28 heavy (non-hydrogen) atoms. The molecule has 0 amide bonds. The van der Waals surface area contributed by atoms with E-state index in [4.69, 9.17) is 4.74 Å². The molecule has 0 bridgehead atoms. The van der Waals surface area contributed by atoms with E-state index in [2.05, 4.69) is 44.2 Å². The Hall–Kier alpha value is -1.48. The van der Waals surface area contributed by atoms with Crippen LogP contribution in [0.3, 0.4) is 0 Å². The number of hydrogen-bond donors (Lipinski definition) is 0. The molecule has 1 heterocycles. The third kappa shape index (κ3) is 4.74. The maximum atomic E-state index is 14.7. The van der Waals surface area contributed by atoms with E-state index in [1.807, 2.05) is 17.8 Å². The summed E-state index contributed by atoms with van der Waals surface area (Å²) in [6.45, 7) is 4.56. The summed E-state index contributed by atoms with van der Waals surface area (Å²) in [5, 5.41) is 0. The summed E-state index contributed by atoms with van der Waals surface area (Å²) >= 11 is 1.91. The van der Waals surface area contributed by atoms with Crippen molar-refractivity contribution in [3.8, 4) is 5.75 Å². The highest BCUT2D eigenvalue weighted by atomic mass is 32.2. The number of methoxy groups -OCH3 is 1. The molecule has 1 unspecified atom stereocenters. The minimum absolute atomic E-state index is 0.236. The van der Waals surface area contributed by atoms with Crippen LogP contribution in [-0.2, 0) is 0 Å². The van der Waals surface area contributed by atoms with Gasteiger partial charge in [-0.05, 0) is 47.9 Å². The van der Waals surface area contributed by atoms with E-state index >= 15 is 0 Å². The lowest BCUT2D eigenvalue weighted by molar-refractivity contribution is 0.233. The SMILES string of the molecule is CCCCC1(CCCC)CSc2cc(OC)c(F)cc2C(c2ccccc2)C1. The Morgan fingerprint density at radius 2 is 1.75 bits per heavy atom. The first kappa shape index (κ1) is 21.2. The van der Waals surface area contributed by atoms with Crippen LogP contribution in [-0.4, -0.2) is 12.9 Å². The number of unbranched alkanes of at least 4 members (excludes halogenated alkanes) is 2. The quantitative estimate of drug-likeness (QED) is 0.446. The average molecular weight is 401 g/mol. The first-order valence-corrected chi connectivity index (χ1v) is 11.7. The van der Waals surface area contributed by atoms with E-state index in [1.165, 1.54) is 49.0 Å². The van der Waals surface area contributed by atoms with E-state index in [-0.39, 0.29) is 11.7 Å². The van der Waals surface area contributed by atoms with Crippen LogP contribution in [0.1, 0.15) is 75.8 Å². The number of hydrogen-bond acceptors (Lipinski definition) is 2. The molecule has 0 radical (unpaired) electrons. The number of fused-ring (bicyclic) bond motifs is 1. The van der Waals surface area contributed by atoms with Gasteiger partial charge in [0.15, 0.2) is 11.6 Å². The summed E-state index contributed by atoms with van der Waals surface area (Å²) in [5.74, 6) is 1.45. The smallest absolute Gasteiger partial charge is 0.165 e. The first-order valence-electron chi connectivity index (χ1n) is 10.7. The molecular formula is C25H33FOS. The molecule has 3 rings (SSSR count). The highest BCUT2D eigenvalue weighted by molar-refractivity contribution is 7.99. The molecule has 0 saturated carbocycles. The molecule has 0 aromatic heterocycles. The van der Waals surface area contributed by atoms with Gasteiger partial charge in [-0.25, -0.2) is 4.39 Å². The van der Waals surface area contributed by atoms with Crippen molar-refractivity contribution < 1.29 is 9.13 Å². The van der Waals surface area contributed by atoms with E-state index < -0.39 is 0 Å². The lowest BCUT2D eigenvalue weighted by Crippen LogP contribution is -2.26. The third-order valence-electron chi connectivity index (χ3n) is 6.15. The standard InChI is InChI=1S/C25H33FOS/c1-4-6-13-25(14-7-5-2)17-21(19-11-9-8-10-12-19)20-15-22(26)23(27-3)16-24(20)28-18-25/h8-12,15-16,21H,4-7,13-14,17-18H2,1-3H3. The van der Waals surface area contributed by atoms with Crippen LogP contribution in [0.15, 0.2) is 47.4 Å². The molecule has 0 saturated heterocycles. The molecule has 2 aromatic rings. The minimum Gasteiger partial charge on any atom is -0.494 e. The minimum atomic E-state index is -0.252. The van der Waals surface area contributed by atoms with Crippen molar-refractivity contribution in [2.45, 2.75) is 69.6 Å². The van der Waals surface area contributed by atoms with Gasteiger partial charge in [-0.15, -0.1) is 11.8 Å². The van der Waals surface area contributed by atoms with Crippen molar-refractivity contribution in [1.82, 2.24) is 0 Å². The molecule has 1 nitrogen and oxygen atoms in total. The highest BCUT2D eigenvalue weighted by Crippen LogP contribution is 2.52. The van der Waals surface area contributed by atoms with Crippen LogP contribution >= 0.6 is 11.8 Å². The number of thioether (sulfide) groups is 1. The van der Waals surface area contributed by atoms with E-state index in [1.54, 1.807) is 13.2 Å². The monoisotopic (exact) mass is 400 g/mol. The van der Waals surface area contributed by atoms with Crippen molar-refractivity contribution in [3.05, 3.63) is 59.4 Å². The molecule has 3 heteroatoms. The molecular weight excluding hydrogens is 367 g/mol. The number of ether oxygens (including phenoxy) is 1. The summed E-state index contributed by atoms with van der Waals surface area (Å²) in [6, 6.07) is 14.3. The van der Waals surface area contributed by atoms with Gasteiger partial charge in [0.05, 0.1) is 7.11 Å². The summed E-state index contributed by atoms with van der Waals surface area (Å²) in [4.78, 5) is 1.18. The summed E-state index contributed by atoms with van der Waals surface area (Å²) < 4.78 is 19.9. The predicted molar refractivity (Wildman–Crippen MR) is 118 cm³/mol. The van der Waals surface area contributed by atoms with E-state index in [0.717, 1.165) is 17.7 Å². The zero-order chi connectivity index (χ0) is 20.0. The average Bonchev–Trinajstić information content (AvgIpc) is 2.88.